The Labute approximate surface area is 55.1 Å². The summed E-state index contributed by atoms with van der Waals surface area (Å²) in [6.07, 6.45) is 2.42. The molecule has 0 amide bonds. The van der Waals surface area contributed by atoms with Gasteiger partial charge in [-0.3, -0.25) is 0 Å². The van der Waals surface area contributed by atoms with Crippen molar-refractivity contribution in [1.29, 1.82) is 5.26 Å². The molecule has 2 heteroatoms. The van der Waals surface area contributed by atoms with Crippen molar-refractivity contribution in [3.05, 3.63) is 0 Å². The predicted octanol–water partition coefficient (Wildman–Crippen LogP) is 1.06. The Morgan fingerprint density at radius 2 is 2.22 bits per heavy atom. The normalized spacial score (nSPS) is 25.9. The lowest BCUT2D eigenvalue weighted by atomic mass is 9.67. The minimum Gasteiger partial charge on any atom is -0.378 e. The van der Waals surface area contributed by atoms with Gasteiger partial charge < -0.3 is 5.11 Å². The smallest absolute Gasteiger partial charge is 0.145 e. The molecule has 1 unspecified atom stereocenters. The van der Waals surface area contributed by atoms with E-state index in [0.29, 0.717) is 0 Å². The van der Waals surface area contributed by atoms with E-state index < -0.39 is 6.10 Å². The highest BCUT2D eigenvalue weighted by molar-refractivity contribution is 5.00. The Morgan fingerprint density at radius 1 is 1.67 bits per heavy atom. The summed E-state index contributed by atoms with van der Waals surface area (Å²) in [4.78, 5) is 0. The Kier molecular flexibility index (Phi) is 1.46. The highest BCUT2D eigenvalue weighted by atomic mass is 16.3. The average Bonchev–Trinajstić information content (AvgIpc) is 1.81. The first kappa shape index (κ1) is 6.57. The van der Waals surface area contributed by atoms with Gasteiger partial charge in [-0.1, -0.05) is 13.3 Å². The zero-order valence-corrected chi connectivity index (χ0v) is 5.59. The summed E-state index contributed by atoms with van der Waals surface area (Å²) < 4.78 is 0. The van der Waals surface area contributed by atoms with Crippen molar-refractivity contribution in [1.82, 2.24) is 0 Å². The second kappa shape index (κ2) is 2.00. The fraction of sp³-hybridized carbons (Fsp3) is 0.857. The third-order valence-electron chi connectivity index (χ3n) is 2.28. The molecule has 1 atom stereocenters. The molecule has 1 fully saturated rings. The van der Waals surface area contributed by atoms with Gasteiger partial charge in [-0.05, 0) is 12.8 Å². The van der Waals surface area contributed by atoms with E-state index in [1.807, 2.05) is 13.0 Å². The van der Waals surface area contributed by atoms with E-state index >= 15 is 0 Å². The Balaban J connectivity index is 2.51. The average molecular weight is 125 g/mol. The van der Waals surface area contributed by atoms with E-state index in [1.54, 1.807) is 0 Å². The molecule has 0 aromatic carbocycles. The van der Waals surface area contributed by atoms with Gasteiger partial charge in [0.05, 0.1) is 6.07 Å². The van der Waals surface area contributed by atoms with Gasteiger partial charge in [-0.25, -0.2) is 0 Å². The molecule has 50 valence electrons. The first-order valence-corrected chi connectivity index (χ1v) is 3.27. The number of aliphatic hydroxyl groups excluding tert-OH is 1. The van der Waals surface area contributed by atoms with E-state index in [2.05, 4.69) is 0 Å². The van der Waals surface area contributed by atoms with Crippen molar-refractivity contribution in [2.45, 2.75) is 32.3 Å². The first-order valence-electron chi connectivity index (χ1n) is 3.27. The monoisotopic (exact) mass is 125 g/mol. The van der Waals surface area contributed by atoms with Crippen LogP contribution in [0.15, 0.2) is 0 Å². The molecule has 1 aliphatic carbocycles. The number of nitrogens with zero attached hydrogens (tertiary/aromatic N) is 1. The molecule has 1 N–H and O–H groups in total. The number of rotatable bonds is 1. The predicted molar refractivity (Wildman–Crippen MR) is 33.6 cm³/mol. The van der Waals surface area contributed by atoms with Crippen molar-refractivity contribution in [2.24, 2.45) is 5.41 Å². The minimum atomic E-state index is -0.744. The van der Waals surface area contributed by atoms with Crippen LogP contribution in [0.1, 0.15) is 26.2 Å². The maximum absolute atomic E-state index is 9.08. The van der Waals surface area contributed by atoms with E-state index in [4.69, 9.17) is 10.4 Å². The van der Waals surface area contributed by atoms with Gasteiger partial charge in [0.2, 0.25) is 0 Å². The summed E-state index contributed by atoms with van der Waals surface area (Å²) >= 11 is 0. The zero-order valence-electron chi connectivity index (χ0n) is 5.59. The molecule has 0 heterocycles. The fourth-order valence-electron chi connectivity index (χ4n) is 1.16. The third kappa shape index (κ3) is 0.927. The summed E-state index contributed by atoms with van der Waals surface area (Å²) in [5.41, 5.74) is -0.0747. The van der Waals surface area contributed by atoms with Gasteiger partial charge in [-0.2, -0.15) is 5.26 Å². The van der Waals surface area contributed by atoms with Gasteiger partial charge in [0.25, 0.3) is 0 Å². The molecule has 1 rings (SSSR count). The van der Waals surface area contributed by atoms with Crippen LogP contribution in [0, 0.1) is 16.7 Å². The van der Waals surface area contributed by atoms with Crippen LogP contribution in [-0.2, 0) is 0 Å². The number of nitriles is 1. The molecular weight excluding hydrogens is 114 g/mol. The molecule has 0 saturated heterocycles. The fourth-order valence-corrected chi connectivity index (χ4v) is 1.16. The highest BCUT2D eigenvalue weighted by Crippen LogP contribution is 2.42. The molecule has 0 aromatic rings. The largest absolute Gasteiger partial charge is 0.378 e. The molecule has 0 aliphatic heterocycles. The summed E-state index contributed by atoms with van der Waals surface area (Å²) in [5.74, 6) is 0. The third-order valence-corrected chi connectivity index (χ3v) is 2.28. The SMILES string of the molecule is CC1(C(O)C#N)CCC1. The van der Waals surface area contributed by atoms with E-state index in [1.165, 1.54) is 0 Å². The van der Waals surface area contributed by atoms with Crippen LogP contribution in [-0.4, -0.2) is 11.2 Å². The van der Waals surface area contributed by atoms with Gasteiger partial charge in [-0.15, -0.1) is 0 Å². The highest BCUT2D eigenvalue weighted by Gasteiger charge is 2.38. The summed E-state index contributed by atoms with van der Waals surface area (Å²) in [6, 6.07) is 1.86. The number of hydrogen-bond donors (Lipinski definition) is 1. The maximum atomic E-state index is 9.08. The van der Waals surface area contributed by atoms with Crippen molar-refractivity contribution in [2.75, 3.05) is 0 Å². The van der Waals surface area contributed by atoms with E-state index in [-0.39, 0.29) is 5.41 Å². The lowest BCUT2D eigenvalue weighted by molar-refractivity contribution is 0.0162. The number of aliphatic hydroxyl groups is 1. The quantitative estimate of drug-likeness (QED) is 0.532. The minimum absolute atomic E-state index is 0.0747. The van der Waals surface area contributed by atoms with E-state index in [0.717, 1.165) is 19.3 Å². The Hall–Kier alpha value is -0.550. The maximum Gasteiger partial charge on any atom is 0.145 e. The standard InChI is InChI=1S/C7H11NO/c1-7(3-2-4-7)6(9)5-8/h6,9H,2-4H2,1H3. The zero-order chi connectivity index (χ0) is 6.91. The molecule has 2 nitrogen and oxygen atoms in total. The summed E-state index contributed by atoms with van der Waals surface area (Å²) in [5, 5.41) is 17.4. The lowest BCUT2D eigenvalue weighted by Gasteiger charge is -2.39. The van der Waals surface area contributed by atoms with Crippen LogP contribution in [0.5, 0.6) is 0 Å². The molecule has 1 aliphatic rings. The second-order valence-corrected chi connectivity index (χ2v) is 3.04. The van der Waals surface area contributed by atoms with E-state index in [9.17, 15) is 0 Å². The number of hydrogen-bond acceptors (Lipinski definition) is 2. The molecule has 0 bridgehead atoms. The van der Waals surface area contributed by atoms with Gasteiger partial charge in [0.15, 0.2) is 0 Å². The first-order chi connectivity index (χ1) is 4.19. The van der Waals surface area contributed by atoms with Crippen LogP contribution < -0.4 is 0 Å². The Morgan fingerprint density at radius 3 is 2.33 bits per heavy atom. The Bertz CT molecular complexity index is 143. The second-order valence-electron chi connectivity index (χ2n) is 3.04. The molecule has 0 aromatic heterocycles. The summed E-state index contributed by atoms with van der Waals surface area (Å²) in [6.45, 7) is 1.96. The van der Waals surface area contributed by atoms with Gasteiger partial charge >= 0.3 is 0 Å². The lowest BCUT2D eigenvalue weighted by Crippen LogP contribution is -2.37. The van der Waals surface area contributed by atoms with Crippen LogP contribution in [0.3, 0.4) is 0 Å². The van der Waals surface area contributed by atoms with Gasteiger partial charge in [0.1, 0.15) is 6.10 Å². The van der Waals surface area contributed by atoms with Crippen molar-refractivity contribution < 1.29 is 5.11 Å². The van der Waals surface area contributed by atoms with Crippen LogP contribution >= 0.6 is 0 Å². The van der Waals surface area contributed by atoms with Crippen LogP contribution in [0.4, 0.5) is 0 Å². The van der Waals surface area contributed by atoms with Crippen molar-refractivity contribution in [3.63, 3.8) is 0 Å². The summed E-state index contributed by atoms with van der Waals surface area (Å²) in [7, 11) is 0. The van der Waals surface area contributed by atoms with Crippen molar-refractivity contribution >= 4 is 0 Å². The molecule has 9 heavy (non-hydrogen) atoms. The van der Waals surface area contributed by atoms with Gasteiger partial charge in [0, 0.05) is 5.41 Å². The van der Waals surface area contributed by atoms with Crippen molar-refractivity contribution in [3.8, 4) is 6.07 Å². The molecular formula is C7H11NO. The van der Waals surface area contributed by atoms with Crippen LogP contribution in [0.2, 0.25) is 0 Å². The van der Waals surface area contributed by atoms with Crippen LogP contribution in [0.25, 0.3) is 0 Å². The molecule has 0 radical (unpaired) electrons. The topological polar surface area (TPSA) is 44.0 Å². The molecule has 0 spiro atoms. The molecule has 1 saturated carbocycles.